The zero-order valence-electron chi connectivity index (χ0n) is 5.13. The second-order valence-corrected chi connectivity index (χ2v) is 1.53. The van der Waals surface area contributed by atoms with Crippen LogP contribution in [0.2, 0.25) is 0 Å². The molecule has 9 heavy (non-hydrogen) atoms. The van der Waals surface area contributed by atoms with Crippen LogP contribution in [0.15, 0.2) is 0 Å². The Morgan fingerprint density at radius 2 is 2.44 bits per heavy atom. The van der Waals surface area contributed by atoms with Crippen LogP contribution in [0.3, 0.4) is 0 Å². The summed E-state index contributed by atoms with van der Waals surface area (Å²) in [7, 11) is 0. The molecular weight excluding hydrogens is 127 g/mol. The Morgan fingerprint density at radius 1 is 1.89 bits per heavy atom. The van der Waals surface area contributed by atoms with E-state index in [-0.39, 0.29) is 6.61 Å². The molecule has 3 nitrogen and oxygen atoms in total. The van der Waals surface area contributed by atoms with Crippen LogP contribution in [0.1, 0.15) is 6.92 Å². The predicted molar refractivity (Wildman–Crippen MR) is 28.6 cm³/mol. The maximum Gasteiger partial charge on any atom is 0.334 e. The normalized spacial score (nSPS) is 12.8. The number of ether oxygens (including phenoxy) is 1. The third-order valence-corrected chi connectivity index (χ3v) is 0.663. The molecule has 4 heteroatoms. The third-order valence-electron chi connectivity index (χ3n) is 0.663. The molecule has 1 atom stereocenters. The smallest absolute Gasteiger partial charge is 0.334 e. The van der Waals surface area contributed by atoms with Crippen LogP contribution < -0.4 is 0 Å². The van der Waals surface area contributed by atoms with Crippen LogP contribution in [0.25, 0.3) is 0 Å². The van der Waals surface area contributed by atoms with E-state index in [4.69, 9.17) is 5.11 Å². The van der Waals surface area contributed by atoms with Gasteiger partial charge in [0, 0.05) is 0 Å². The average molecular weight is 136 g/mol. The lowest BCUT2D eigenvalue weighted by molar-refractivity contribution is -0.152. The highest BCUT2D eigenvalue weighted by Gasteiger charge is 2.08. The van der Waals surface area contributed by atoms with Crippen molar-refractivity contribution in [2.45, 2.75) is 13.0 Å². The Balaban J connectivity index is 3.28. The molecule has 0 bridgehead atoms. The first-order valence-corrected chi connectivity index (χ1v) is 2.59. The van der Waals surface area contributed by atoms with Gasteiger partial charge in [-0.2, -0.15) is 0 Å². The molecule has 0 saturated carbocycles. The van der Waals surface area contributed by atoms with E-state index < -0.39 is 18.7 Å². The molecule has 0 aliphatic carbocycles. The van der Waals surface area contributed by atoms with Crippen LogP contribution in [0.5, 0.6) is 0 Å². The fraction of sp³-hybridized carbons (Fsp3) is 0.800. The molecule has 0 aromatic heterocycles. The minimum Gasteiger partial charge on any atom is -0.461 e. The van der Waals surface area contributed by atoms with Gasteiger partial charge < -0.3 is 9.84 Å². The summed E-state index contributed by atoms with van der Waals surface area (Å²) in [5, 5.41) is 8.45. The number of hydrogen-bond donors (Lipinski definition) is 1. The molecule has 0 rings (SSSR count). The van der Waals surface area contributed by atoms with Crippen LogP contribution in [0, 0.1) is 0 Å². The summed E-state index contributed by atoms with van der Waals surface area (Å²) in [6.07, 6.45) is -1.16. The Morgan fingerprint density at radius 3 is 2.78 bits per heavy atom. The lowest BCUT2D eigenvalue weighted by atomic mass is 10.4. The maximum atomic E-state index is 11.3. The van der Waals surface area contributed by atoms with Gasteiger partial charge in [-0.05, 0) is 6.92 Å². The lowest BCUT2D eigenvalue weighted by Gasteiger charge is -2.02. The second kappa shape index (κ2) is 4.26. The van der Waals surface area contributed by atoms with E-state index in [1.54, 1.807) is 0 Å². The summed E-state index contributed by atoms with van der Waals surface area (Å²) in [5.74, 6) is -0.785. The summed E-state index contributed by atoms with van der Waals surface area (Å²) in [6.45, 7) is 0.281. The van der Waals surface area contributed by atoms with Gasteiger partial charge in [-0.1, -0.05) is 0 Å². The van der Waals surface area contributed by atoms with Crippen molar-refractivity contribution in [2.24, 2.45) is 0 Å². The molecule has 0 aromatic rings. The second-order valence-electron chi connectivity index (χ2n) is 1.53. The molecule has 0 amide bonds. The molecular formula is C5H9FO3. The van der Waals surface area contributed by atoms with Crippen LogP contribution in [-0.4, -0.2) is 30.5 Å². The van der Waals surface area contributed by atoms with Crippen molar-refractivity contribution in [1.82, 2.24) is 0 Å². The summed E-state index contributed by atoms with van der Waals surface area (Å²) >= 11 is 0. The quantitative estimate of drug-likeness (QED) is 0.550. The number of rotatable bonds is 3. The highest BCUT2D eigenvalue weighted by Crippen LogP contribution is 1.85. The topological polar surface area (TPSA) is 46.5 Å². The van der Waals surface area contributed by atoms with Crippen molar-refractivity contribution < 1.29 is 19.0 Å². The first-order chi connectivity index (χ1) is 4.18. The van der Waals surface area contributed by atoms with Crippen LogP contribution in [0.4, 0.5) is 4.39 Å². The molecule has 0 aromatic carbocycles. The standard InChI is InChI=1S/C5H9FO3/c1-4(7)5(8)9-3-2-6/h4,7H,2-3H2,1H3/t4-/m1/s1. The van der Waals surface area contributed by atoms with E-state index >= 15 is 0 Å². The molecule has 0 unspecified atom stereocenters. The minimum absolute atomic E-state index is 0.274. The van der Waals surface area contributed by atoms with Gasteiger partial charge in [0.2, 0.25) is 0 Å². The van der Waals surface area contributed by atoms with E-state index in [1.807, 2.05) is 0 Å². The zero-order chi connectivity index (χ0) is 7.28. The first-order valence-electron chi connectivity index (χ1n) is 2.59. The summed E-state index contributed by atoms with van der Waals surface area (Å²) in [4.78, 5) is 10.3. The van der Waals surface area contributed by atoms with Crippen LogP contribution >= 0.6 is 0 Å². The molecule has 54 valence electrons. The fourth-order valence-electron chi connectivity index (χ4n) is 0.260. The van der Waals surface area contributed by atoms with E-state index in [2.05, 4.69) is 4.74 Å². The molecule has 0 radical (unpaired) electrons. The Bertz CT molecular complexity index is 92.2. The molecule has 0 heterocycles. The third kappa shape index (κ3) is 3.90. The van der Waals surface area contributed by atoms with Gasteiger partial charge in [0.1, 0.15) is 19.4 Å². The predicted octanol–water partition coefficient (Wildman–Crippen LogP) is -0.120. The number of carbonyl (C=O) groups excluding carboxylic acids is 1. The van der Waals surface area contributed by atoms with E-state index in [1.165, 1.54) is 6.92 Å². The number of carbonyl (C=O) groups is 1. The molecule has 0 saturated heterocycles. The van der Waals surface area contributed by atoms with Gasteiger partial charge in [-0.15, -0.1) is 0 Å². The van der Waals surface area contributed by atoms with Crippen molar-refractivity contribution in [1.29, 1.82) is 0 Å². The van der Waals surface area contributed by atoms with Crippen molar-refractivity contribution in [3.8, 4) is 0 Å². The number of esters is 1. The fourth-order valence-corrected chi connectivity index (χ4v) is 0.260. The maximum absolute atomic E-state index is 11.3. The molecule has 1 N–H and O–H groups in total. The summed E-state index contributed by atoms with van der Waals surface area (Å²) < 4.78 is 15.4. The molecule has 0 aliphatic rings. The number of alkyl halides is 1. The number of aliphatic hydroxyl groups is 1. The molecule has 0 fully saturated rings. The van der Waals surface area contributed by atoms with Gasteiger partial charge in [-0.3, -0.25) is 0 Å². The largest absolute Gasteiger partial charge is 0.461 e. The Kier molecular flexibility index (Phi) is 3.96. The monoisotopic (exact) mass is 136 g/mol. The summed E-state index contributed by atoms with van der Waals surface area (Å²) in [5.41, 5.74) is 0. The van der Waals surface area contributed by atoms with Crippen molar-refractivity contribution in [3.05, 3.63) is 0 Å². The first kappa shape index (κ1) is 8.36. The highest BCUT2D eigenvalue weighted by molar-refractivity contribution is 5.73. The van der Waals surface area contributed by atoms with Crippen molar-refractivity contribution in [3.63, 3.8) is 0 Å². The van der Waals surface area contributed by atoms with Crippen molar-refractivity contribution in [2.75, 3.05) is 13.3 Å². The summed E-state index contributed by atoms with van der Waals surface area (Å²) in [6, 6.07) is 0. The highest BCUT2D eigenvalue weighted by atomic mass is 19.1. The zero-order valence-corrected chi connectivity index (χ0v) is 5.13. The van der Waals surface area contributed by atoms with E-state index in [9.17, 15) is 9.18 Å². The minimum atomic E-state index is -1.16. The van der Waals surface area contributed by atoms with Gasteiger partial charge in [0.05, 0.1) is 0 Å². The Labute approximate surface area is 52.4 Å². The van der Waals surface area contributed by atoms with Gasteiger partial charge in [0.15, 0.2) is 0 Å². The van der Waals surface area contributed by atoms with E-state index in [0.717, 1.165) is 0 Å². The van der Waals surface area contributed by atoms with Gasteiger partial charge in [0.25, 0.3) is 0 Å². The SMILES string of the molecule is C[C@@H](O)C(=O)OCCF. The van der Waals surface area contributed by atoms with E-state index in [0.29, 0.717) is 0 Å². The number of hydrogen-bond acceptors (Lipinski definition) is 3. The Hall–Kier alpha value is -0.640. The van der Waals surface area contributed by atoms with Gasteiger partial charge in [-0.25, -0.2) is 9.18 Å². The van der Waals surface area contributed by atoms with Gasteiger partial charge >= 0.3 is 5.97 Å². The molecule has 0 spiro atoms. The van der Waals surface area contributed by atoms with Crippen molar-refractivity contribution >= 4 is 5.97 Å². The number of aliphatic hydroxyl groups excluding tert-OH is 1. The average Bonchev–Trinajstić information content (AvgIpc) is 1.82. The molecule has 0 aliphatic heterocycles. The van der Waals surface area contributed by atoms with Crippen LogP contribution in [-0.2, 0) is 9.53 Å². The lowest BCUT2D eigenvalue weighted by Crippen LogP contribution is -2.20. The number of halogens is 1.